The van der Waals surface area contributed by atoms with Crippen molar-refractivity contribution in [1.82, 2.24) is 10.6 Å². The summed E-state index contributed by atoms with van der Waals surface area (Å²) in [5.74, 6) is 0.865. The maximum Gasteiger partial charge on any atom is 0.322 e. The molecule has 3 rings (SSSR count). The number of imide groups is 1. The first-order valence-electron chi connectivity index (χ1n) is 6.04. The Morgan fingerprint density at radius 3 is 2.84 bits per heavy atom. The molecule has 1 aromatic rings. The Bertz CT molecular complexity index is 572. The van der Waals surface area contributed by atoms with Gasteiger partial charge in [-0.3, -0.25) is 10.1 Å². The summed E-state index contributed by atoms with van der Waals surface area (Å²) in [5, 5.41) is 5.01. The Morgan fingerprint density at radius 1 is 1.42 bits per heavy atom. The van der Waals surface area contributed by atoms with Crippen molar-refractivity contribution in [3.63, 3.8) is 0 Å². The van der Waals surface area contributed by atoms with Gasteiger partial charge in [0.25, 0.3) is 5.91 Å². The molecule has 0 aliphatic carbocycles. The largest absolute Gasteiger partial charge is 0.497 e. The second kappa shape index (κ2) is 3.88. The number of nitrogens with one attached hydrogen (secondary N) is 2. The standard InChI is InChI=1S/C13H14N2O4/c1-7-6-13(11(16)14-12(17)15-13)9-5-8(18-2)3-4-10(9)19-7/h3-5,7H,6H2,1-2H3,(H2,14,15,16,17). The van der Waals surface area contributed by atoms with Crippen molar-refractivity contribution in [1.29, 1.82) is 0 Å². The summed E-state index contributed by atoms with van der Waals surface area (Å²) in [7, 11) is 1.55. The average molecular weight is 262 g/mol. The summed E-state index contributed by atoms with van der Waals surface area (Å²) in [6.07, 6.45) is 0.232. The van der Waals surface area contributed by atoms with Gasteiger partial charge in [0.05, 0.1) is 13.2 Å². The van der Waals surface area contributed by atoms with Gasteiger partial charge in [0, 0.05) is 12.0 Å². The molecule has 2 aliphatic rings. The molecule has 2 heterocycles. The lowest BCUT2D eigenvalue weighted by atomic mass is 9.82. The van der Waals surface area contributed by atoms with Gasteiger partial charge in [-0.25, -0.2) is 4.79 Å². The lowest BCUT2D eigenvalue weighted by Crippen LogP contribution is -2.49. The Labute approximate surface area is 110 Å². The zero-order valence-electron chi connectivity index (χ0n) is 10.6. The Morgan fingerprint density at radius 2 is 2.21 bits per heavy atom. The summed E-state index contributed by atoms with van der Waals surface area (Å²) in [6, 6.07) is 4.77. The van der Waals surface area contributed by atoms with E-state index in [0.717, 1.165) is 0 Å². The molecule has 2 N–H and O–H groups in total. The van der Waals surface area contributed by atoms with Gasteiger partial charge >= 0.3 is 6.03 Å². The van der Waals surface area contributed by atoms with Gasteiger partial charge < -0.3 is 14.8 Å². The Balaban J connectivity index is 2.18. The van der Waals surface area contributed by atoms with E-state index in [1.807, 2.05) is 6.92 Å². The third-order valence-corrected chi connectivity index (χ3v) is 3.51. The minimum Gasteiger partial charge on any atom is -0.497 e. The topological polar surface area (TPSA) is 76.7 Å². The van der Waals surface area contributed by atoms with Crippen LogP contribution in [0.15, 0.2) is 18.2 Å². The number of carbonyl (C=O) groups is 2. The zero-order chi connectivity index (χ0) is 13.6. The number of hydrogen-bond acceptors (Lipinski definition) is 4. The van der Waals surface area contributed by atoms with Crippen LogP contribution in [-0.4, -0.2) is 25.2 Å². The molecule has 6 heteroatoms. The van der Waals surface area contributed by atoms with Gasteiger partial charge in [-0.1, -0.05) is 0 Å². The fourth-order valence-electron chi connectivity index (χ4n) is 2.70. The van der Waals surface area contributed by atoms with Gasteiger partial charge in [0.1, 0.15) is 11.5 Å². The van der Waals surface area contributed by atoms with Crippen LogP contribution in [-0.2, 0) is 10.3 Å². The SMILES string of the molecule is COc1ccc2c(c1)C1(CC(C)O2)NC(=O)NC1=O. The maximum atomic E-state index is 12.2. The maximum absolute atomic E-state index is 12.2. The van der Waals surface area contributed by atoms with E-state index in [4.69, 9.17) is 9.47 Å². The van der Waals surface area contributed by atoms with E-state index < -0.39 is 11.6 Å². The van der Waals surface area contributed by atoms with Gasteiger partial charge in [-0.2, -0.15) is 0 Å². The molecule has 2 aliphatic heterocycles. The van der Waals surface area contributed by atoms with Gasteiger partial charge in [0.2, 0.25) is 0 Å². The van der Waals surface area contributed by atoms with Crippen LogP contribution in [0.5, 0.6) is 11.5 Å². The summed E-state index contributed by atoms with van der Waals surface area (Å²) in [6.45, 7) is 1.87. The zero-order valence-corrected chi connectivity index (χ0v) is 10.6. The van der Waals surface area contributed by atoms with Crippen LogP contribution in [0.3, 0.4) is 0 Å². The third kappa shape index (κ3) is 1.63. The monoisotopic (exact) mass is 262 g/mol. The molecule has 3 amide bonds. The lowest BCUT2D eigenvalue weighted by molar-refractivity contribution is -0.126. The predicted molar refractivity (Wildman–Crippen MR) is 66.1 cm³/mol. The first-order chi connectivity index (χ1) is 9.05. The molecule has 0 radical (unpaired) electrons. The molecule has 2 unspecified atom stereocenters. The van der Waals surface area contributed by atoms with Crippen LogP contribution in [0.1, 0.15) is 18.9 Å². The predicted octanol–water partition coefficient (Wildman–Crippen LogP) is 0.901. The third-order valence-electron chi connectivity index (χ3n) is 3.51. The van der Waals surface area contributed by atoms with Gasteiger partial charge in [0.15, 0.2) is 5.54 Å². The van der Waals surface area contributed by atoms with E-state index in [2.05, 4.69) is 10.6 Å². The van der Waals surface area contributed by atoms with Crippen molar-refractivity contribution in [2.75, 3.05) is 7.11 Å². The highest BCUT2D eigenvalue weighted by molar-refractivity contribution is 6.08. The molecule has 1 aromatic carbocycles. The van der Waals surface area contributed by atoms with Gasteiger partial charge in [-0.15, -0.1) is 0 Å². The number of amides is 3. The van der Waals surface area contributed by atoms with E-state index in [-0.39, 0.29) is 12.0 Å². The highest BCUT2D eigenvalue weighted by Crippen LogP contribution is 2.42. The van der Waals surface area contributed by atoms with E-state index in [0.29, 0.717) is 23.5 Å². The number of carbonyl (C=O) groups excluding carboxylic acids is 2. The fraction of sp³-hybridized carbons (Fsp3) is 0.385. The van der Waals surface area contributed by atoms with Crippen molar-refractivity contribution in [2.24, 2.45) is 0 Å². The van der Waals surface area contributed by atoms with Crippen molar-refractivity contribution in [2.45, 2.75) is 25.0 Å². The normalized spacial score (nSPS) is 28.4. The molecule has 100 valence electrons. The van der Waals surface area contributed by atoms with Crippen LogP contribution < -0.4 is 20.1 Å². The van der Waals surface area contributed by atoms with Crippen molar-refractivity contribution < 1.29 is 19.1 Å². The van der Waals surface area contributed by atoms with E-state index in [1.54, 1.807) is 25.3 Å². The van der Waals surface area contributed by atoms with Crippen LogP contribution in [0.4, 0.5) is 4.79 Å². The summed E-state index contributed by atoms with van der Waals surface area (Å²) >= 11 is 0. The van der Waals surface area contributed by atoms with Gasteiger partial charge in [-0.05, 0) is 25.1 Å². The summed E-state index contributed by atoms with van der Waals surface area (Å²) < 4.78 is 10.9. The molecule has 0 saturated carbocycles. The van der Waals surface area contributed by atoms with E-state index >= 15 is 0 Å². The quantitative estimate of drug-likeness (QED) is 0.737. The molecule has 1 fully saturated rings. The summed E-state index contributed by atoms with van der Waals surface area (Å²) in [5.41, 5.74) is -0.424. The van der Waals surface area contributed by atoms with Crippen molar-refractivity contribution >= 4 is 11.9 Å². The van der Waals surface area contributed by atoms with E-state index in [9.17, 15) is 9.59 Å². The molecule has 2 atom stereocenters. The molecular formula is C13H14N2O4. The lowest BCUT2D eigenvalue weighted by Gasteiger charge is -2.36. The van der Waals surface area contributed by atoms with Crippen LogP contribution in [0, 0.1) is 0 Å². The Hall–Kier alpha value is -2.24. The second-order valence-electron chi connectivity index (χ2n) is 4.81. The number of fused-ring (bicyclic) bond motifs is 2. The molecule has 0 aromatic heterocycles. The molecule has 1 saturated heterocycles. The Kier molecular flexibility index (Phi) is 2.41. The number of urea groups is 1. The summed E-state index contributed by atoms with van der Waals surface area (Å²) in [4.78, 5) is 23.7. The van der Waals surface area contributed by atoms with Crippen molar-refractivity contribution in [3.05, 3.63) is 23.8 Å². The average Bonchev–Trinajstić information content (AvgIpc) is 2.64. The highest BCUT2D eigenvalue weighted by Gasteiger charge is 2.52. The van der Waals surface area contributed by atoms with Crippen LogP contribution >= 0.6 is 0 Å². The van der Waals surface area contributed by atoms with Crippen molar-refractivity contribution in [3.8, 4) is 11.5 Å². The fourth-order valence-corrected chi connectivity index (χ4v) is 2.70. The smallest absolute Gasteiger partial charge is 0.322 e. The minimum atomic E-state index is -1.06. The minimum absolute atomic E-state index is 0.162. The second-order valence-corrected chi connectivity index (χ2v) is 4.81. The van der Waals surface area contributed by atoms with E-state index in [1.165, 1.54) is 0 Å². The van der Waals surface area contributed by atoms with Crippen LogP contribution in [0.2, 0.25) is 0 Å². The molecular weight excluding hydrogens is 248 g/mol. The number of methoxy groups -OCH3 is 1. The van der Waals surface area contributed by atoms with Crippen LogP contribution in [0.25, 0.3) is 0 Å². The molecule has 6 nitrogen and oxygen atoms in total. The molecule has 1 spiro atoms. The molecule has 19 heavy (non-hydrogen) atoms. The first kappa shape index (κ1) is 11.8. The number of hydrogen-bond donors (Lipinski definition) is 2. The molecule has 0 bridgehead atoms. The number of rotatable bonds is 1. The highest BCUT2D eigenvalue weighted by atomic mass is 16.5. The first-order valence-corrected chi connectivity index (χ1v) is 6.04. The number of benzene rings is 1. The number of ether oxygens (including phenoxy) is 2.